The van der Waals surface area contributed by atoms with Crippen LogP contribution in [-0.4, -0.2) is 28.6 Å². The van der Waals surface area contributed by atoms with Gasteiger partial charge in [0.15, 0.2) is 0 Å². The van der Waals surface area contributed by atoms with Crippen molar-refractivity contribution >= 4 is 11.9 Å². The summed E-state index contributed by atoms with van der Waals surface area (Å²) in [5.74, 6) is -1.50. The lowest BCUT2D eigenvalue weighted by Gasteiger charge is -2.28. The van der Waals surface area contributed by atoms with E-state index < -0.39 is 23.5 Å². The number of amides is 1. The zero-order valence-electron chi connectivity index (χ0n) is 10.1. The number of carboxylic acid groups (broad SMARTS) is 1. The van der Waals surface area contributed by atoms with Crippen LogP contribution in [0.25, 0.3) is 0 Å². The van der Waals surface area contributed by atoms with Gasteiger partial charge < -0.3 is 10.8 Å². The highest BCUT2D eigenvalue weighted by molar-refractivity contribution is 5.84. The first kappa shape index (κ1) is 12.6. The normalized spacial score (nSPS) is 18.1. The number of carboxylic acids is 1. The van der Waals surface area contributed by atoms with Gasteiger partial charge in [-0.25, -0.2) is 0 Å². The van der Waals surface area contributed by atoms with Gasteiger partial charge in [0.1, 0.15) is 5.54 Å². The van der Waals surface area contributed by atoms with Gasteiger partial charge in [-0.3, -0.25) is 14.9 Å². The summed E-state index contributed by atoms with van der Waals surface area (Å²) < 4.78 is 0. The summed E-state index contributed by atoms with van der Waals surface area (Å²) in [6.07, 6.45) is 0.742. The number of benzene rings is 1. The number of hydrogen-bond donors (Lipinski definition) is 3. The average Bonchev–Trinajstić information content (AvgIpc) is 2.68. The van der Waals surface area contributed by atoms with Gasteiger partial charge in [0.25, 0.3) is 0 Å². The maximum absolute atomic E-state index is 11.5. The molecule has 1 atom stereocenters. The highest BCUT2D eigenvalue weighted by Crippen LogP contribution is 2.30. The fourth-order valence-corrected chi connectivity index (χ4v) is 2.42. The van der Waals surface area contributed by atoms with Crippen LogP contribution in [0.5, 0.6) is 0 Å². The van der Waals surface area contributed by atoms with Crippen LogP contribution < -0.4 is 11.1 Å². The summed E-state index contributed by atoms with van der Waals surface area (Å²) in [6.45, 7) is 1.58. The molecular formula is C13H16N2O3. The van der Waals surface area contributed by atoms with Crippen LogP contribution in [0.3, 0.4) is 0 Å². The molecule has 0 saturated carbocycles. The van der Waals surface area contributed by atoms with Gasteiger partial charge in [-0.05, 0) is 18.1 Å². The number of nitrogens with one attached hydrogen (secondary N) is 1. The molecule has 2 rings (SSSR count). The van der Waals surface area contributed by atoms with E-state index in [0.29, 0.717) is 12.8 Å². The number of rotatable bonds is 4. The van der Waals surface area contributed by atoms with Gasteiger partial charge in [0.05, 0.1) is 6.04 Å². The van der Waals surface area contributed by atoms with Gasteiger partial charge in [0, 0.05) is 12.8 Å². The second kappa shape index (κ2) is 4.42. The van der Waals surface area contributed by atoms with E-state index in [-0.39, 0.29) is 0 Å². The minimum Gasteiger partial charge on any atom is -0.480 e. The average molecular weight is 248 g/mol. The molecule has 0 radical (unpaired) electrons. The predicted octanol–water partition coefficient (Wildman–Crippen LogP) is 0.0720. The Labute approximate surface area is 105 Å². The Bertz CT molecular complexity index is 474. The molecule has 1 aromatic carbocycles. The van der Waals surface area contributed by atoms with E-state index in [1.807, 2.05) is 24.3 Å². The number of carbonyl (C=O) groups is 2. The van der Waals surface area contributed by atoms with Crippen molar-refractivity contribution in [2.75, 3.05) is 0 Å². The van der Waals surface area contributed by atoms with Crippen molar-refractivity contribution in [3.63, 3.8) is 0 Å². The summed E-state index contributed by atoms with van der Waals surface area (Å²) in [4.78, 5) is 22.6. The number of fused-ring (bicyclic) bond motifs is 1. The summed E-state index contributed by atoms with van der Waals surface area (Å²) in [6, 6.07) is 6.92. The number of aliphatic carboxylic acids is 1. The van der Waals surface area contributed by atoms with Gasteiger partial charge in [-0.15, -0.1) is 0 Å². The van der Waals surface area contributed by atoms with Gasteiger partial charge >= 0.3 is 5.97 Å². The predicted molar refractivity (Wildman–Crippen MR) is 66.0 cm³/mol. The molecule has 0 fully saturated rings. The lowest BCUT2D eigenvalue weighted by atomic mass is 9.94. The van der Waals surface area contributed by atoms with E-state index in [4.69, 9.17) is 5.73 Å². The number of carbonyl (C=O) groups excluding carboxylic acids is 1. The third-order valence-electron chi connectivity index (χ3n) is 3.43. The van der Waals surface area contributed by atoms with Crippen molar-refractivity contribution < 1.29 is 14.7 Å². The Kier molecular flexibility index (Phi) is 3.09. The highest BCUT2D eigenvalue weighted by Gasteiger charge is 2.45. The third-order valence-corrected chi connectivity index (χ3v) is 3.43. The Balaban J connectivity index is 2.28. The quantitative estimate of drug-likeness (QED) is 0.703. The molecule has 0 aliphatic heterocycles. The Morgan fingerprint density at radius 2 is 1.83 bits per heavy atom. The number of primary amides is 1. The molecule has 5 heteroatoms. The molecule has 0 aromatic heterocycles. The molecule has 1 amide bonds. The van der Waals surface area contributed by atoms with E-state index in [1.165, 1.54) is 0 Å². The highest BCUT2D eigenvalue weighted by atomic mass is 16.4. The maximum Gasteiger partial charge on any atom is 0.324 e. The first-order chi connectivity index (χ1) is 8.44. The lowest BCUT2D eigenvalue weighted by molar-refractivity contribution is -0.145. The fraction of sp³-hybridized carbons (Fsp3) is 0.385. The lowest BCUT2D eigenvalue weighted by Crippen LogP contribution is -2.59. The summed E-state index contributed by atoms with van der Waals surface area (Å²) in [5.41, 5.74) is 6.06. The van der Waals surface area contributed by atoms with Crippen LogP contribution >= 0.6 is 0 Å². The monoisotopic (exact) mass is 248 g/mol. The van der Waals surface area contributed by atoms with Crippen molar-refractivity contribution in [2.24, 2.45) is 5.73 Å². The van der Waals surface area contributed by atoms with E-state index >= 15 is 0 Å². The Morgan fingerprint density at radius 1 is 1.33 bits per heavy atom. The molecule has 1 aromatic rings. The van der Waals surface area contributed by atoms with Crippen LogP contribution in [0.4, 0.5) is 0 Å². The summed E-state index contributed by atoms with van der Waals surface area (Å²) in [5, 5.41) is 12.3. The molecule has 96 valence electrons. The molecule has 1 aliphatic carbocycles. The van der Waals surface area contributed by atoms with Crippen LogP contribution in [0.2, 0.25) is 0 Å². The molecule has 1 aliphatic rings. The smallest absolute Gasteiger partial charge is 0.324 e. The zero-order chi connectivity index (χ0) is 13.3. The Morgan fingerprint density at radius 3 is 2.22 bits per heavy atom. The first-order valence-corrected chi connectivity index (χ1v) is 5.82. The molecule has 1 unspecified atom stereocenters. The molecule has 18 heavy (non-hydrogen) atoms. The Hall–Kier alpha value is -1.88. The van der Waals surface area contributed by atoms with E-state index in [1.54, 1.807) is 6.92 Å². The van der Waals surface area contributed by atoms with Crippen LogP contribution in [-0.2, 0) is 22.4 Å². The van der Waals surface area contributed by atoms with Crippen molar-refractivity contribution in [2.45, 2.75) is 31.3 Å². The second-order valence-corrected chi connectivity index (χ2v) is 4.78. The fourth-order valence-electron chi connectivity index (χ4n) is 2.42. The topological polar surface area (TPSA) is 92.4 Å². The number of hydrogen-bond acceptors (Lipinski definition) is 3. The molecule has 0 bridgehead atoms. The van der Waals surface area contributed by atoms with Gasteiger partial charge in [0.2, 0.25) is 5.91 Å². The van der Waals surface area contributed by atoms with Crippen LogP contribution in [0, 0.1) is 0 Å². The molecule has 0 saturated heterocycles. The maximum atomic E-state index is 11.5. The standard InChI is InChI=1S/C13H16N2O3/c1-8(11(14)16)15-13(12(17)18)6-9-4-2-3-5-10(9)7-13/h2-5,8,15H,6-7H2,1H3,(H2,14,16)(H,17,18). The summed E-state index contributed by atoms with van der Waals surface area (Å²) in [7, 11) is 0. The van der Waals surface area contributed by atoms with Gasteiger partial charge in [-0.1, -0.05) is 24.3 Å². The van der Waals surface area contributed by atoms with E-state index in [9.17, 15) is 14.7 Å². The van der Waals surface area contributed by atoms with E-state index in [2.05, 4.69) is 5.32 Å². The zero-order valence-corrected chi connectivity index (χ0v) is 10.1. The minimum absolute atomic E-state index is 0.371. The molecule has 5 nitrogen and oxygen atoms in total. The van der Waals surface area contributed by atoms with E-state index in [0.717, 1.165) is 11.1 Å². The summed E-state index contributed by atoms with van der Waals surface area (Å²) >= 11 is 0. The SMILES string of the molecule is CC(NC1(C(=O)O)Cc2ccccc2C1)C(N)=O. The molecule has 4 N–H and O–H groups in total. The van der Waals surface area contributed by atoms with Crippen molar-refractivity contribution in [3.05, 3.63) is 35.4 Å². The first-order valence-electron chi connectivity index (χ1n) is 5.82. The molecular weight excluding hydrogens is 232 g/mol. The van der Waals surface area contributed by atoms with Crippen molar-refractivity contribution in [1.82, 2.24) is 5.32 Å². The van der Waals surface area contributed by atoms with Crippen LogP contribution in [0.1, 0.15) is 18.1 Å². The molecule has 0 heterocycles. The van der Waals surface area contributed by atoms with Crippen molar-refractivity contribution in [3.8, 4) is 0 Å². The number of nitrogens with two attached hydrogens (primary N) is 1. The van der Waals surface area contributed by atoms with Crippen LogP contribution in [0.15, 0.2) is 24.3 Å². The third kappa shape index (κ3) is 2.09. The van der Waals surface area contributed by atoms with Gasteiger partial charge in [-0.2, -0.15) is 0 Å². The molecule has 0 spiro atoms. The minimum atomic E-state index is -1.13. The van der Waals surface area contributed by atoms with Crippen molar-refractivity contribution in [1.29, 1.82) is 0 Å². The second-order valence-electron chi connectivity index (χ2n) is 4.78. The largest absolute Gasteiger partial charge is 0.480 e.